The van der Waals surface area contributed by atoms with Crippen LogP contribution >= 0.6 is 11.6 Å². The molecule has 0 spiro atoms. The number of hydrogen-bond acceptors (Lipinski definition) is 5. The summed E-state index contributed by atoms with van der Waals surface area (Å²) in [6.45, 7) is 0.298. The van der Waals surface area contributed by atoms with Gasteiger partial charge in [-0.3, -0.25) is 9.00 Å². The SMILES string of the molecule is COc1ccc(CNC(=O)c2ccc(C[S@@](=O)c3ccc(Cl)cc3)o2)cc1OC. The molecule has 0 aliphatic rings. The van der Waals surface area contributed by atoms with Gasteiger partial charge in [0, 0.05) is 16.5 Å². The van der Waals surface area contributed by atoms with E-state index in [1.54, 1.807) is 62.8 Å². The van der Waals surface area contributed by atoms with E-state index in [0.717, 1.165) is 5.56 Å². The maximum Gasteiger partial charge on any atom is 0.287 e. The molecule has 0 radical (unpaired) electrons. The monoisotopic (exact) mass is 433 g/mol. The number of methoxy groups -OCH3 is 2. The maximum atomic E-state index is 12.4. The Balaban J connectivity index is 1.59. The minimum atomic E-state index is -1.29. The van der Waals surface area contributed by atoms with Gasteiger partial charge in [0.05, 0.1) is 30.8 Å². The van der Waals surface area contributed by atoms with Gasteiger partial charge in [0.1, 0.15) is 5.76 Å². The molecule has 2 aromatic carbocycles. The lowest BCUT2D eigenvalue weighted by Gasteiger charge is -2.10. The van der Waals surface area contributed by atoms with Crippen LogP contribution in [0.15, 0.2) is 63.9 Å². The summed E-state index contributed by atoms with van der Waals surface area (Å²) in [6, 6.07) is 15.4. The Labute approximate surface area is 176 Å². The van der Waals surface area contributed by atoms with E-state index in [0.29, 0.717) is 33.7 Å². The lowest BCUT2D eigenvalue weighted by Crippen LogP contribution is -2.22. The maximum absolute atomic E-state index is 12.4. The molecule has 0 unspecified atom stereocenters. The first kappa shape index (κ1) is 21.0. The lowest BCUT2D eigenvalue weighted by atomic mass is 10.2. The van der Waals surface area contributed by atoms with Crippen LogP contribution in [0.3, 0.4) is 0 Å². The van der Waals surface area contributed by atoms with E-state index in [4.69, 9.17) is 25.5 Å². The van der Waals surface area contributed by atoms with Gasteiger partial charge >= 0.3 is 0 Å². The highest BCUT2D eigenvalue weighted by molar-refractivity contribution is 7.84. The average molecular weight is 434 g/mol. The molecule has 1 N–H and O–H groups in total. The number of amides is 1. The van der Waals surface area contributed by atoms with Crippen LogP contribution in [0.25, 0.3) is 0 Å². The topological polar surface area (TPSA) is 77.8 Å². The zero-order valence-electron chi connectivity index (χ0n) is 15.9. The Morgan fingerprint density at radius 2 is 1.76 bits per heavy atom. The molecule has 3 rings (SSSR count). The summed E-state index contributed by atoms with van der Waals surface area (Å²) in [7, 11) is 1.82. The summed E-state index contributed by atoms with van der Waals surface area (Å²) >= 11 is 5.85. The fourth-order valence-electron chi connectivity index (χ4n) is 2.64. The quantitative estimate of drug-likeness (QED) is 0.576. The first-order chi connectivity index (χ1) is 14.0. The first-order valence-corrected chi connectivity index (χ1v) is 10.4. The highest BCUT2D eigenvalue weighted by Gasteiger charge is 2.14. The summed E-state index contributed by atoms with van der Waals surface area (Å²) in [5.74, 6) is 1.65. The number of hydrogen-bond donors (Lipinski definition) is 1. The van der Waals surface area contributed by atoms with Crippen LogP contribution in [0, 0.1) is 0 Å². The molecule has 1 atom stereocenters. The van der Waals surface area contributed by atoms with Crippen molar-refractivity contribution in [2.45, 2.75) is 17.2 Å². The Morgan fingerprint density at radius 3 is 2.45 bits per heavy atom. The van der Waals surface area contributed by atoms with Crippen LogP contribution in [-0.4, -0.2) is 24.3 Å². The summed E-state index contributed by atoms with van der Waals surface area (Å²) in [5.41, 5.74) is 0.853. The first-order valence-electron chi connectivity index (χ1n) is 8.72. The number of benzene rings is 2. The van der Waals surface area contributed by atoms with E-state index in [1.165, 1.54) is 0 Å². The minimum Gasteiger partial charge on any atom is -0.493 e. The second kappa shape index (κ2) is 9.62. The second-order valence-electron chi connectivity index (χ2n) is 6.08. The fourth-order valence-corrected chi connectivity index (χ4v) is 3.78. The number of rotatable bonds is 8. The Bertz CT molecular complexity index is 1020. The molecular weight excluding hydrogens is 414 g/mol. The zero-order chi connectivity index (χ0) is 20.8. The smallest absolute Gasteiger partial charge is 0.287 e. The highest BCUT2D eigenvalue weighted by atomic mass is 35.5. The van der Waals surface area contributed by atoms with E-state index in [1.807, 2.05) is 6.07 Å². The molecule has 0 saturated heterocycles. The number of carbonyl (C=O) groups is 1. The van der Waals surface area contributed by atoms with E-state index in [9.17, 15) is 9.00 Å². The van der Waals surface area contributed by atoms with Crippen molar-refractivity contribution in [1.82, 2.24) is 5.32 Å². The summed E-state index contributed by atoms with van der Waals surface area (Å²) in [6.07, 6.45) is 0. The van der Waals surface area contributed by atoms with Gasteiger partial charge < -0.3 is 19.2 Å². The van der Waals surface area contributed by atoms with Crippen LogP contribution in [0.1, 0.15) is 21.9 Å². The molecule has 1 amide bonds. The van der Waals surface area contributed by atoms with Crippen molar-refractivity contribution in [2.75, 3.05) is 14.2 Å². The van der Waals surface area contributed by atoms with E-state index in [-0.39, 0.29) is 17.4 Å². The second-order valence-corrected chi connectivity index (χ2v) is 7.97. The zero-order valence-corrected chi connectivity index (χ0v) is 17.5. The van der Waals surface area contributed by atoms with Crippen molar-refractivity contribution in [3.05, 3.63) is 76.7 Å². The molecule has 0 fully saturated rings. The van der Waals surface area contributed by atoms with Crippen LogP contribution in [0.2, 0.25) is 5.02 Å². The largest absolute Gasteiger partial charge is 0.493 e. The van der Waals surface area contributed by atoms with Crippen molar-refractivity contribution in [2.24, 2.45) is 0 Å². The molecule has 29 heavy (non-hydrogen) atoms. The lowest BCUT2D eigenvalue weighted by molar-refractivity contribution is 0.0921. The summed E-state index contributed by atoms with van der Waals surface area (Å²) in [5, 5.41) is 3.37. The molecule has 3 aromatic rings. The molecular formula is C21H20ClNO5S. The van der Waals surface area contributed by atoms with Crippen LogP contribution in [-0.2, 0) is 23.1 Å². The van der Waals surface area contributed by atoms with Crippen molar-refractivity contribution in [3.63, 3.8) is 0 Å². The fraction of sp³-hybridized carbons (Fsp3) is 0.190. The molecule has 0 aliphatic heterocycles. The molecule has 0 saturated carbocycles. The molecule has 8 heteroatoms. The molecule has 152 valence electrons. The van der Waals surface area contributed by atoms with E-state index in [2.05, 4.69) is 5.32 Å². The Morgan fingerprint density at radius 1 is 1.03 bits per heavy atom. The standard InChI is InChI=1S/C21H20ClNO5S/c1-26-18-9-3-14(11-20(18)27-2)12-23-21(24)19-10-6-16(28-19)13-29(25)17-7-4-15(22)5-8-17/h3-11H,12-13H2,1-2H3,(H,23,24)/t29-/m1/s1. The molecule has 0 aliphatic carbocycles. The highest BCUT2D eigenvalue weighted by Crippen LogP contribution is 2.27. The van der Waals surface area contributed by atoms with Crippen molar-refractivity contribution in [3.8, 4) is 11.5 Å². The summed E-state index contributed by atoms with van der Waals surface area (Å²) < 4.78 is 28.4. The van der Waals surface area contributed by atoms with Crippen molar-refractivity contribution < 1.29 is 22.9 Å². The normalized spacial score (nSPS) is 11.7. The predicted molar refractivity (Wildman–Crippen MR) is 111 cm³/mol. The Kier molecular flexibility index (Phi) is 6.95. The number of carbonyl (C=O) groups excluding carboxylic acids is 1. The van der Waals surface area contributed by atoms with Gasteiger partial charge in [0.2, 0.25) is 0 Å². The third-order valence-electron chi connectivity index (χ3n) is 4.14. The van der Waals surface area contributed by atoms with Crippen LogP contribution in [0.4, 0.5) is 0 Å². The van der Waals surface area contributed by atoms with Gasteiger partial charge in [0.25, 0.3) is 5.91 Å². The van der Waals surface area contributed by atoms with Crippen molar-refractivity contribution in [1.29, 1.82) is 0 Å². The van der Waals surface area contributed by atoms with Gasteiger partial charge in [0.15, 0.2) is 17.3 Å². The molecule has 0 bridgehead atoms. The number of halogens is 1. The van der Waals surface area contributed by atoms with E-state index >= 15 is 0 Å². The third-order valence-corrected chi connectivity index (χ3v) is 5.73. The van der Waals surface area contributed by atoms with E-state index < -0.39 is 10.8 Å². The third kappa shape index (κ3) is 5.40. The van der Waals surface area contributed by atoms with Crippen molar-refractivity contribution >= 4 is 28.3 Å². The van der Waals surface area contributed by atoms with Crippen LogP contribution in [0.5, 0.6) is 11.5 Å². The molecule has 1 aromatic heterocycles. The summed E-state index contributed by atoms with van der Waals surface area (Å²) in [4.78, 5) is 13.0. The Hall–Kier alpha value is -2.77. The van der Waals surface area contributed by atoms with Gasteiger partial charge in [-0.1, -0.05) is 17.7 Å². The molecule has 1 heterocycles. The predicted octanol–water partition coefficient (Wildman–Crippen LogP) is 4.19. The van der Waals surface area contributed by atoms with Gasteiger partial charge in [-0.05, 0) is 54.1 Å². The average Bonchev–Trinajstić information content (AvgIpc) is 3.20. The minimum absolute atomic E-state index is 0.161. The van der Waals surface area contributed by atoms with Gasteiger partial charge in [-0.15, -0.1) is 0 Å². The molecule has 6 nitrogen and oxygen atoms in total. The van der Waals surface area contributed by atoms with Gasteiger partial charge in [-0.2, -0.15) is 0 Å². The van der Waals surface area contributed by atoms with Crippen LogP contribution < -0.4 is 14.8 Å². The number of ether oxygens (including phenoxy) is 2. The van der Waals surface area contributed by atoms with Gasteiger partial charge in [-0.25, -0.2) is 0 Å². The number of furan rings is 1. The number of nitrogens with one attached hydrogen (secondary N) is 1.